The van der Waals surface area contributed by atoms with Gasteiger partial charge in [-0.05, 0) is 48.5 Å². The minimum atomic E-state index is -0.884. The molecule has 5 rings (SSSR count). The summed E-state index contributed by atoms with van der Waals surface area (Å²) in [6.45, 7) is 0. The number of hydrazone groups is 1. The van der Waals surface area contributed by atoms with Crippen LogP contribution in [0.25, 0.3) is 0 Å². The molecular formula is C23H18ClN3O4. The average molecular weight is 436 g/mol. The summed E-state index contributed by atoms with van der Waals surface area (Å²) >= 11 is 6.08. The number of halogens is 1. The number of amides is 2. The Morgan fingerprint density at radius 2 is 1.81 bits per heavy atom. The van der Waals surface area contributed by atoms with E-state index in [1.165, 1.54) is 0 Å². The van der Waals surface area contributed by atoms with E-state index in [0.717, 1.165) is 4.90 Å². The molecule has 2 saturated heterocycles. The van der Waals surface area contributed by atoms with Crippen LogP contribution in [0, 0.1) is 11.8 Å². The molecule has 2 aromatic carbocycles. The van der Waals surface area contributed by atoms with Gasteiger partial charge in [-0.1, -0.05) is 23.7 Å². The van der Waals surface area contributed by atoms with Crippen LogP contribution in [-0.4, -0.2) is 48.0 Å². The Morgan fingerprint density at radius 1 is 1.06 bits per heavy atom. The predicted molar refractivity (Wildman–Crippen MR) is 115 cm³/mol. The van der Waals surface area contributed by atoms with Crippen molar-refractivity contribution in [2.24, 2.45) is 16.9 Å². The summed E-state index contributed by atoms with van der Waals surface area (Å²) in [5, 5.41) is 6.36. The predicted octanol–water partition coefficient (Wildman–Crippen LogP) is 2.95. The molecule has 156 valence electrons. The van der Waals surface area contributed by atoms with Gasteiger partial charge in [0, 0.05) is 16.8 Å². The van der Waals surface area contributed by atoms with Crippen LogP contribution in [-0.2, 0) is 9.59 Å². The Morgan fingerprint density at radius 3 is 2.52 bits per heavy atom. The van der Waals surface area contributed by atoms with Crippen molar-refractivity contribution in [1.82, 2.24) is 5.01 Å². The number of allylic oxidation sites excluding steroid dienone is 1. The van der Waals surface area contributed by atoms with E-state index in [0.29, 0.717) is 22.0 Å². The number of imide groups is 1. The fourth-order valence-electron chi connectivity index (χ4n) is 4.63. The standard InChI is InChI=1S/C23H18ClN3O4/c1-31-16-9-7-13(8-10-16)21(28)20-19-18(17-6-3-11-25-27(17)20)22(29)26(23(19)30)15-5-2-4-14(24)12-15/h2-12,17-20H,1H3/t17-,18-,19+,20-/m1/s1. The average Bonchev–Trinajstić information content (AvgIpc) is 3.26. The number of rotatable bonds is 4. The van der Waals surface area contributed by atoms with E-state index < -0.39 is 29.8 Å². The number of fused-ring (bicyclic) bond motifs is 3. The molecule has 0 radical (unpaired) electrons. The Kier molecular flexibility index (Phi) is 4.63. The molecule has 0 saturated carbocycles. The Labute approximate surface area is 183 Å². The van der Waals surface area contributed by atoms with Gasteiger partial charge in [0.25, 0.3) is 0 Å². The molecule has 4 atom stereocenters. The van der Waals surface area contributed by atoms with Crippen LogP contribution in [0.2, 0.25) is 5.02 Å². The zero-order valence-corrected chi connectivity index (χ0v) is 17.3. The number of hydrogen-bond donors (Lipinski definition) is 0. The van der Waals surface area contributed by atoms with Crippen molar-refractivity contribution >= 4 is 41.1 Å². The SMILES string of the molecule is COc1ccc(C(=O)[C@H]2[C@H]3C(=O)N(c4cccc(Cl)c4)C(=O)[C@@H]3[C@H]3C=CC=NN32)cc1. The molecule has 8 heteroatoms. The summed E-state index contributed by atoms with van der Waals surface area (Å²) in [5.74, 6) is -1.95. The molecule has 3 aliphatic rings. The molecule has 7 nitrogen and oxygen atoms in total. The van der Waals surface area contributed by atoms with Gasteiger partial charge < -0.3 is 4.74 Å². The van der Waals surface area contributed by atoms with E-state index in [1.807, 2.05) is 6.08 Å². The molecule has 2 amide bonds. The first-order valence-electron chi connectivity index (χ1n) is 9.82. The van der Waals surface area contributed by atoms with Gasteiger partial charge in [-0.25, -0.2) is 4.90 Å². The van der Waals surface area contributed by atoms with Gasteiger partial charge in [0.2, 0.25) is 11.8 Å². The highest BCUT2D eigenvalue weighted by Gasteiger charge is 2.64. The fraction of sp³-hybridized carbons (Fsp3) is 0.217. The van der Waals surface area contributed by atoms with Crippen LogP contribution in [0.3, 0.4) is 0 Å². The number of nitrogens with zero attached hydrogens (tertiary/aromatic N) is 3. The van der Waals surface area contributed by atoms with Crippen LogP contribution < -0.4 is 9.64 Å². The third-order valence-electron chi connectivity index (χ3n) is 6.00. The van der Waals surface area contributed by atoms with E-state index in [1.54, 1.807) is 72.9 Å². The van der Waals surface area contributed by atoms with Crippen LogP contribution in [0.15, 0.2) is 65.8 Å². The number of benzene rings is 2. The summed E-state index contributed by atoms with van der Waals surface area (Å²) in [6.07, 6.45) is 5.12. The summed E-state index contributed by atoms with van der Waals surface area (Å²) < 4.78 is 5.16. The van der Waals surface area contributed by atoms with Crippen molar-refractivity contribution in [2.45, 2.75) is 12.1 Å². The number of ether oxygens (including phenoxy) is 1. The van der Waals surface area contributed by atoms with Crippen molar-refractivity contribution in [2.75, 3.05) is 12.0 Å². The minimum absolute atomic E-state index is 0.262. The topological polar surface area (TPSA) is 79.3 Å². The monoisotopic (exact) mass is 435 g/mol. The summed E-state index contributed by atoms with van der Waals surface area (Å²) in [5.41, 5.74) is 0.832. The number of carbonyl (C=O) groups excluding carboxylic acids is 3. The molecule has 0 aromatic heterocycles. The van der Waals surface area contributed by atoms with Crippen molar-refractivity contribution < 1.29 is 19.1 Å². The summed E-state index contributed by atoms with van der Waals surface area (Å²) in [6, 6.07) is 11.9. The second-order valence-corrected chi connectivity index (χ2v) is 8.04. The lowest BCUT2D eigenvalue weighted by Gasteiger charge is -2.30. The number of anilines is 1. The second-order valence-electron chi connectivity index (χ2n) is 7.60. The van der Waals surface area contributed by atoms with Gasteiger partial charge in [-0.15, -0.1) is 0 Å². The highest BCUT2D eigenvalue weighted by Crippen LogP contribution is 2.46. The first-order chi connectivity index (χ1) is 15.0. The van der Waals surface area contributed by atoms with Crippen LogP contribution in [0.5, 0.6) is 5.75 Å². The molecule has 0 unspecified atom stereocenters. The number of ketones is 1. The zero-order chi connectivity index (χ0) is 21.7. The maximum atomic E-state index is 13.5. The zero-order valence-electron chi connectivity index (χ0n) is 16.5. The highest BCUT2D eigenvalue weighted by atomic mass is 35.5. The fourth-order valence-corrected chi connectivity index (χ4v) is 4.82. The molecular weight excluding hydrogens is 418 g/mol. The lowest BCUT2D eigenvalue weighted by molar-refractivity contribution is -0.123. The first-order valence-corrected chi connectivity index (χ1v) is 10.2. The second kappa shape index (κ2) is 7.35. The Hall–Kier alpha value is -3.45. The number of carbonyl (C=O) groups is 3. The third kappa shape index (κ3) is 2.96. The molecule has 0 bridgehead atoms. The molecule has 2 aromatic rings. The highest BCUT2D eigenvalue weighted by molar-refractivity contribution is 6.31. The third-order valence-corrected chi connectivity index (χ3v) is 6.24. The van der Waals surface area contributed by atoms with Crippen molar-refractivity contribution in [1.29, 1.82) is 0 Å². The van der Waals surface area contributed by atoms with Gasteiger partial charge in [0.1, 0.15) is 11.8 Å². The maximum Gasteiger partial charge on any atom is 0.240 e. The Bertz CT molecular complexity index is 1140. The van der Waals surface area contributed by atoms with E-state index in [-0.39, 0.29) is 11.7 Å². The molecule has 3 aliphatic heterocycles. The minimum Gasteiger partial charge on any atom is -0.497 e. The molecule has 3 heterocycles. The van der Waals surface area contributed by atoms with Crippen LogP contribution in [0.4, 0.5) is 5.69 Å². The molecule has 2 fully saturated rings. The quantitative estimate of drug-likeness (QED) is 0.545. The molecule has 31 heavy (non-hydrogen) atoms. The number of methoxy groups -OCH3 is 1. The van der Waals surface area contributed by atoms with E-state index >= 15 is 0 Å². The van der Waals surface area contributed by atoms with Crippen LogP contribution in [0.1, 0.15) is 10.4 Å². The van der Waals surface area contributed by atoms with Crippen molar-refractivity contribution in [3.63, 3.8) is 0 Å². The number of Topliss-reactive ketones (excluding diaryl/α,β-unsaturated/α-hetero) is 1. The van der Waals surface area contributed by atoms with E-state index in [2.05, 4.69) is 5.10 Å². The van der Waals surface area contributed by atoms with Crippen molar-refractivity contribution in [3.8, 4) is 5.75 Å². The van der Waals surface area contributed by atoms with Crippen LogP contribution >= 0.6 is 11.6 Å². The van der Waals surface area contributed by atoms with Gasteiger partial charge in [-0.2, -0.15) is 5.10 Å². The lowest BCUT2D eigenvalue weighted by atomic mass is 9.86. The molecule has 0 aliphatic carbocycles. The summed E-state index contributed by atoms with van der Waals surface area (Å²) in [7, 11) is 1.55. The van der Waals surface area contributed by atoms with Gasteiger partial charge in [0.15, 0.2) is 5.78 Å². The van der Waals surface area contributed by atoms with E-state index in [9.17, 15) is 14.4 Å². The summed E-state index contributed by atoms with van der Waals surface area (Å²) in [4.78, 5) is 41.5. The van der Waals surface area contributed by atoms with E-state index in [4.69, 9.17) is 16.3 Å². The largest absolute Gasteiger partial charge is 0.497 e. The van der Waals surface area contributed by atoms with Crippen molar-refractivity contribution in [3.05, 3.63) is 71.3 Å². The first kappa shape index (κ1) is 19.5. The normalized spacial score (nSPS) is 26.3. The smallest absolute Gasteiger partial charge is 0.240 e. The van der Waals surface area contributed by atoms with Gasteiger partial charge in [-0.3, -0.25) is 19.4 Å². The van der Waals surface area contributed by atoms with Gasteiger partial charge in [0.05, 0.1) is 30.7 Å². The molecule has 0 N–H and O–H groups in total. The molecule has 0 spiro atoms. The Balaban J connectivity index is 1.56. The lowest BCUT2D eigenvalue weighted by Crippen LogP contribution is -2.46. The maximum absolute atomic E-state index is 13.5. The van der Waals surface area contributed by atoms with Gasteiger partial charge >= 0.3 is 0 Å². The number of hydrogen-bond acceptors (Lipinski definition) is 6.